The molecule has 0 atom stereocenters. The maximum absolute atomic E-state index is 6.58. The van der Waals surface area contributed by atoms with Crippen LogP contribution in [-0.2, 0) is 6.54 Å². The minimum Gasteiger partial charge on any atom is -0.493 e. The summed E-state index contributed by atoms with van der Waals surface area (Å²) in [5.74, 6) is 0.935. The lowest BCUT2D eigenvalue weighted by Gasteiger charge is -2.27. The Morgan fingerprint density at radius 1 is 0.848 bits per heavy atom. The van der Waals surface area contributed by atoms with Crippen LogP contribution >= 0.6 is 35.1 Å². The first-order valence-electron chi connectivity index (χ1n) is 11.6. The summed E-state index contributed by atoms with van der Waals surface area (Å²) in [4.78, 5) is 3.65. The van der Waals surface area contributed by atoms with E-state index in [0.717, 1.165) is 51.5 Å². The Hall–Kier alpha value is -1.85. The van der Waals surface area contributed by atoms with Crippen molar-refractivity contribution in [1.29, 1.82) is 0 Å². The van der Waals surface area contributed by atoms with Gasteiger partial charge in [-0.3, -0.25) is 0 Å². The minimum atomic E-state index is 0.666. The number of anilines is 1. The molecule has 0 aliphatic carbocycles. The van der Waals surface area contributed by atoms with Crippen LogP contribution in [0.15, 0.2) is 77.7 Å². The minimum absolute atomic E-state index is 0.666. The predicted molar refractivity (Wildman–Crippen MR) is 142 cm³/mol. The van der Waals surface area contributed by atoms with Crippen LogP contribution in [0.1, 0.15) is 31.2 Å². The highest BCUT2D eigenvalue weighted by Gasteiger charge is 2.16. The van der Waals surface area contributed by atoms with Crippen molar-refractivity contribution < 1.29 is 4.74 Å². The van der Waals surface area contributed by atoms with Crippen molar-refractivity contribution in [3.05, 3.63) is 88.4 Å². The van der Waals surface area contributed by atoms with Gasteiger partial charge in [-0.1, -0.05) is 60.0 Å². The second-order valence-corrected chi connectivity index (χ2v) is 10.2. The zero-order valence-electron chi connectivity index (χ0n) is 18.8. The number of piperidine rings is 1. The molecule has 4 rings (SSSR count). The number of likely N-dealkylation sites (tertiary alicyclic amines) is 1. The number of hydrogen-bond acceptors (Lipinski definition) is 4. The standard InChI is InChI=1S/C27H30Cl2N2OS/c28-23-13-15-24(16-14-23)33-31(26-11-4-3-10-25(26)29)21-22-9-2-5-12-27(22)32-20-8-19-30-17-6-1-7-18-30/h2-5,9-16H,1,6-8,17-21H2. The monoisotopic (exact) mass is 500 g/mol. The number of rotatable bonds is 10. The fraction of sp³-hybridized carbons (Fsp3) is 0.333. The zero-order valence-corrected chi connectivity index (χ0v) is 21.1. The van der Waals surface area contributed by atoms with Crippen LogP contribution in [0.4, 0.5) is 5.69 Å². The Balaban J connectivity index is 1.45. The summed E-state index contributed by atoms with van der Waals surface area (Å²) in [6, 6.07) is 24.1. The Labute approximate surface area is 211 Å². The van der Waals surface area contributed by atoms with Crippen molar-refractivity contribution in [2.75, 3.05) is 30.5 Å². The number of nitrogens with zero attached hydrogens (tertiary/aromatic N) is 2. The summed E-state index contributed by atoms with van der Waals surface area (Å²) >= 11 is 14.3. The number of ether oxygens (including phenoxy) is 1. The normalized spacial score (nSPS) is 14.2. The molecule has 0 spiro atoms. The number of halogens is 2. The molecule has 6 heteroatoms. The third-order valence-electron chi connectivity index (χ3n) is 5.76. The highest BCUT2D eigenvalue weighted by Crippen LogP contribution is 2.37. The summed E-state index contributed by atoms with van der Waals surface area (Å²) in [7, 11) is 0. The van der Waals surface area contributed by atoms with E-state index in [1.165, 1.54) is 32.4 Å². The van der Waals surface area contributed by atoms with E-state index < -0.39 is 0 Å². The highest BCUT2D eigenvalue weighted by atomic mass is 35.5. The highest BCUT2D eigenvalue weighted by molar-refractivity contribution is 8.00. The molecule has 0 unspecified atom stereocenters. The first kappa shape index (κ1) is 24.3. The van der Waals surface area contributed by atoms with Crippen LogP contribution in [0.2, 0.25) is 10.0 Å². The van der Waals surface area contributed by atoms with Crippen molar-refractivity contribution in [3.63, 3.8) is 0 Å². The fourth-order valence-corrected chi connectivity index (χ4v) is 5.41. The predicted octanol–water partition coefficient (Wildman–Crippen LogP) is 7.96. The molecule has 3 nitrogen and oxygen atoms in total. The van der Waals surface area contributed by atoms with Gasteiger partial charge in [-0.25, -0.2) is 0 Å². The van der Waals surface area contributed by atoms with Crippen LogP contribution in [0.25, 0.3) is 0 Å². The molecule has 0 bridgehead atoms. The molecule has 3 aromatic carbocycles. The van der Waals surface area contributed by atoms with Crippen LogP contribution in [-0.4, -0.2) is 31.1 Å². The van der Waals surface area contributed by atoms with Crippen molar-refractivity contribution in [2.45, 2.75) is 37.1 Å². The quantitative estimate of drug-likeness (QED) is 0.207. The molecule has 3 aromatic rings. The molecule has 1 aliphatic heterocycles. The van der Waals surface area contributed by atoms with Crippen LogP contribution in [0, 0.1) is 0 Å². The Kier molecular flexibility index (Phi) is 9.25. The molecule has 0 N–H and O–H groups in total. The van der Waals surface area contributed by atoms with Gasteiger partial charge in [0.25, 0.3) is 0 Å². The maximum Gasteiger partial charge on any atom is 0.124 e. The largest absolute Gasteiger partial charge is 0.493 e. The lowest BCUT2D eigenvalue weighted by Crippen LogP contribution is -2.31. The molecule has 1 fully saturated rings. The Bertz CT molecular complexity index is 1010. The SMILES string of the molecule is Clc1ccc(SN(Cc2ccccc2OCCCN2CCCCC2)c2ccccc2Cl)cc1. The van der Waals surface area contributed by atoms with E-state index in [-0.39, 0.29) is 0 Å². The van der Waals surface area contributed by atoms with E-state index >= 15 is 0 Å². The maximum atomic E-state index is 6.58. The second-order valence-electron chi connectivity index (χ2n) is 8.25. The van der Waals surface area contributed by atoms with Gasteiger partial charge in [-0.2, -0.15) is 0 Å². The lowest BCUT2D eigenvalue weighted by atomic mass is 10.1. The molecule has 1 aliphatic rings. The van der Waals surface area contributed by atoms with Gasteiger partial charge in [-0.05, 0) is 86.8 Å². The topological polar surface area (TPSA) is 15.7 Å². The number of para-hydroxylation sites is 2. The third-order valence-corrected chi connectivity index (χ3v) is 7.36. The van der Waals surface area contributed by atoms with E-state index in [0.29, 0.717) is 6.54 Å². The third kappa shape index (κ3) is 7.31. The summed E-state index contributed by atoms with van der Waals surface area (Å²) in [6.07, 6.45) is 5.07. The van der Waals surface area contributed by atoms with Gasteiger partial charge in [0, 0.05) is 22.0 Å². The van der Waals surface area contributed by atoms with E-state index in [2.05, 4.69) is 27.4 Å². The first-order chi connectivity index (χ1) is 16.2. The van der Waals surface area contributed by atoms with Crippen LogP contribution < -0.4 is 9.04 Å². The van der Waals surface area contributed by atoms with Crippen LogP contribution in [0.5, 0.6) is 5.75 Å². The Morgan fingerprint density at radius 3 is 2.36 bits per heavy atom. The van der Waals surface area contributed by atoms with Gasteiger partial charge in [0.15, 0.2) is 0 Å². The average Bonchev–Trinajstić information content (AvgIpc) is 2.85. The lowest BCUT2D eigenvalue weighted by molar-refractivity contribution is 0.204. The fourth-order valence-electron chi connectivity index (χ4n) is 4.03. The van der Waals surface area contributed by atoms with Gasteiger partial charge in [0.2, 0.25) is 0 Å². The van der Waals surface area contributed by atoms with E-state index in [4.69, 9.17) is 27.9 Å². The molecule has 1 heterocycles. The van der Waals surface area contributed by atoms with Gasteiger partial charge < -0.3 is 13.9 Å². The van der Waals surface area contributed by atoms with Gasteiger partial charge in [0.1, 0.15) is 5.75 Å². The van der Waals surface area contributed by atoms with E-state index in [1.807, 2.05) is 54.6 Å². The van der Waals surface area contributed by atoms with Gasteiger partial charge in [-0.15, -0.1) is 0 Å². The number of hydrogen-bond donors (Lipinski definition) is 0. The van der Waals surface area contributed by atoms with Crippen LogP contribution in [0.3, 0.4) is 0 Å². The van der Waals surface area contributed by atoms with Crippen molar-refractivity contribution in [2.24, 2.45) is 0 Å². The Morgan fingerprint density at radius 2 is 1.58 bits per heavy atom. The molecule has 0 aromatic heterocycles. The van der Waals surface area contributed by atoms with E-state index in [1.54, 1.807) is 11.9 Å². The summed E-state index contributed by atoms with van der Waals surface area (Å²) in [5.41, 5.74) is 2.11. The van der Waals surface area contributed by atoms with E-state index in [9.17, 15) is 0 Å². The van der Waals surface area contributed by atoms with Crippen molar-refractivity contribution >= 4 is 40.8 Å². The van der Waals surface area contributed by atoms with Gasteiger partial charge >= 0.3 is 0 Å². The molecular formula is C27H30Cl2N2OS. The zero-order chi connectivity index (χ0) is 22.9. The summed E-state index contributed by atoms with van der Waals surface area (Å²) in [6.45, 7) is 4.96. The molecule has 1 saturated heterocycles. The molecule has 33 heavy (non-hydrogen) atoms. The van der Waals surface area contributed by atoms with Crippen molar-refractivity contribution in [3.8, 4) is 5.75 Å². The molecule has 0 saturated carbocycles. The average molecular weight is 502 g/mol. The molecule has 174 valence electrons. The molecule has 0 amide bonds. The van der Waals surface area contributed by atoms with Gasteiger partial charge in [0.05, 0.1) is 23.9 Å². The smallest absolute Gasteiger partial charge is 0.124 e. The molecule has 0 radical (unpaired) electrons. The number of benzene rings is 3. The first-order valence-corrected chi connectivity index (χ1v) is 13.1. The second kappa shape index (κ2) is 12.6. The molecular weight excluding hydrogens is 471 g/mol. The summed E-state index contributed by atoms with van der Waals surface area (Å²) in [5, 5.41) is 1.45. The van der Waals surface area contributed by atoms with Crippen molar-refractivity contribution in [1.82, 2.24) is 4.90 Å². The summed E-state index contributed by atoms with van der Waals surface area (Å²) < 4.78 is 8.46.